The van der Waals surface area contributed by atoms with E-state index in [1.807, 2.05) is 0 Å². The lowest BCUT2D eigenvalue weighted by molar-refractivity contribution is 0.0949. The number of nitrogens with one attached hydrogen (secondary N) is 2. The SMILES string of the molecule is O=C(NCc1n[nH]c2ccc(Cl)cc12)c1ccc(=O)n(Cc2cc(F)c(Cn3ccccc3=O)cc2F)c1. The van der Waals surface area contributed by atoms with E-state index in [4.69, 9.17) is 11.6 Å². The number of amides is 1. The number of H-pyrrole nitrogens is 1. The minimum absolute atomic E-state index is 0.00722. The normalized spacial score (nSPS) is 11.1. The largest absolute Gasteiger partial charge is 0.346 e. The monoisotopic (exact) mass is 535 g/mol. The lowest BCUT2D eigenvalue weighted by Crippen LogP contribution is -2.27. The molecule has 0 aliphatic heterocycles. The van der Waals surface area contributed by atoms with Crippen LogP contribution in [0.15, 0.2) is 82.6 Å². The van der Waals surface area contributed by atoms with E-state index in [2.05, 4.69) is 15.5 Å². The van der Waals surface area contributed by atoms with Crippen molar-refractivity contribution in [2.75, 3.05) is 0 Å². The molecule has 3 aromatic heterocycles. The minimum atomic E-state index is -0.740. The summed E-state index contributed by atoms with van der Waals surface area (Å²) >= 11 is 6.05. The zero-order valence-corrected chi connectivity index (χ0v) is 20.5. The van der Waals surface area contributed by atoms with Gasteiger partial charge in [-0.1, -0.05) is 17.7 Å². The van der Waals surface area contributed by atoms with Crippen molar-refractivity contribution in [3.63, 3.8) is 0 Å². The fraction of sp³-hybridized carbons (Fsp3) is 0.111. The fourth-order valence-corrected chi connectivity index (χ4v) is 4.23. The number of hydrogen-bond donors (Lipinski definition) is 2. The zero-order valence-electron chi connectivity index (χ0n) is 19.7. The van der Waals surface area contributed by atoms with Crippen molar-refractivity contribution in [3.05, 3.63) is 133 Å². The molecule has 192 valence electrons. The summed E-state index contributed by atoms with van der Waals surface area (Å²) in [6.45, 7) is -0.337. The third-order valence-electron chi connectivity index (χ3n) is 6.06. The van der Waals surface area contributed by atoms with Gasteiger partial charge in [0.15, 0.2) is 0 Å². The number of carbonyl (C=O) groups excluding carboxylic acids is 1. The molecular weight excluding hydrogens is 516 g/mol. The Balaban J connectivity index is 1.33. The summed E-state index contributed by atoms with van der Waals surface area (Å²) in [5.74, 6) is -1.94. The number of aromatic amines is 1. The second kappa shape index (κ2) is 10.4. The molecular formula is C27H20ClF2N5O3. The molecule has 0 fully saturated rings. The van der Waals surface area contributed by atoms with E-state index >= 15 is 0 Å². The molecule has 0 atom stereocenters. The van der Waals surface area contributed by atoms with Crippen LogP contribution in [0, 0.1) is 11.6 Å². The smallest absolute Gasteiger partial charge is 0.253 e. The van der Waals surface area contributed by atoms with Gasteiger partial charge in [-0.2, -0.15) is 5.10 Å². The Morgan fingerprint density at radius 2 is 1.63 bits per heavy atom. The number of fused-ring (bicyclic) bond motifs is 1. The molecule has 2 N–H and O–H groups in total. The predicted octanol–water partition coefficient (Wildman–Crippen LogP) is 3.84. The van der Waals surface area contributed by atoms with Crippen molar-refractivity contribution < 1.29 is 13.6 Å². The summed E-state index contributed by atoms with van der Waals surface area (Å²) in [5.41, 5.74) is 0.584. The summed E-state index contributed by atoms with van der Waals surface area (Å²) in [6.07, 6.45) is 2.76. The van der Waals surface area contributed by atoms with Crippen molar-refractivity contribution in [2.45, 2.75) is 19.6 Å². The van der Waals surface area contributed by atoms with Gasteiger partial charge in [-0.25, -0.2) is 8.78 Å². The van der Waals surface area contributed by atoms with E-state index in [1.54, 1.807) is 30.3 Å². The summed E-state index contributed by atoms with van der Waals surface area (Å²) in [7, 11) is 0. The van der Waals surface area contributed by atoms with Crippen LogP contribution in [0.1, 0.15) is 27.2 Å². The Morgan fingerprint density at radius 1 is 0.921 bits per heavy atom. The van der Waals surface area contributed by atoms with Gasteiger partial charge in [-0.3, -0.25) is 19.5 Å². The Labute approximate surface area is 219 Å². The van der Waals surface area contributed by atoms with Crippen molar-refractivity contribution in [2.24, 2.45) is 0 Å². The Bertz CT molecular complexity index is 1790. The summed E-state index contributed by atoms with van der Waals surface area (Å²) < 4.78 is 32.0. The Kier molecular flexibility index (Phi) is 6.89. The number of benzene rings is 2. The zero-order chi connectivity index (χ0) is 26.8. The first-order valence-corrected chi connectivity index (χ1v) is 11.9. The number of halogens is 3. The fourth-order valence-electron chi connectivity index (χ4n) is 4.06. The highest BCUT2D eigenvalue weighted by molar-refractivity contribution is 6.31. The molecule has 2 aromatic carbocycles. The van der Waals surface area contributed by atoms with Gasteiger partial charge in [0.2, 0.25) is 0 Å². The van der Waals surface area contributed by atoms with Gasteiger partial charge >= 0.3 is 0 Å². The molecule has 0 unspecified atom stereocenters. The van der Waals surface area contributed by atoms with E-state index in [0.717, 1.165) is 27.6 Å². The highest BCUT2D eigenvalue weighted by atomic mass is 35.5. The number of pyridine rings is 2. The molecule has 1 amide bonds. The molecule has 0 spiro atoms. The number of rotatable bonds is 7. The van der Waals surface area contributed by atoms with E-state index < -0.39 is 23.1 Å². The van der Waals surface area contributed by atoms with Crippen LogP contribution in [0.3, 0.4) is 0 Å². The highest BCUT2D eigenvalue weighted by Gasteiger charge is 2.15. The van der Waals surface area contributed by atoms with Crippen molar-refractivity contribution >= 4 is 28.4 Å². The Hall–Kier alpha value is -4.57. The molecule has 11 heteroatoms. The van der Waals surface area contributed by atoms with E-state index in [1.165, 1.54) is 35.2 Å². The standard InChI is InChI=1S/C27H20ClF2N5O3/c28-19-5-6-23-20(11-19)24(33-32-23)12-31-27(38)16-4-7-26(37)35(13-16)15-18-10-21(29)17(9-22(18)30)14-34-8-2-1-3-25(34)36/h1-11,13H,12,14-15H2,(H,31,38)(H,32,33). The molecule has 0 aliphatic carbocycles. The maximum Gasteiger partial charge on any atom is 0.253 e. The molecule has 0 radical (unpaired) electrons. The second-order valence-corrected chi connectivity index (χ2v) is 9.07. The van der Waals surface area contributed by atoms with Crippen LogP contribution < -0.4 is 16.4 Å². The third-order valence-corrected chi connectivity index (χ3v) is 6.30. The third kappa shape index (κ3) is 5.25. The topological polar surface area (TPSA) is 102 Å². The van der Waals surface area contributed by atoms with Crippen LogP contribution in [0.5, 0.6) is 0 Å². The molecule has 0 aliphatic rings. The molecule has 5 rings (SSSR count). The van der Waals surface area contributed by atoms with Gasteiger partial charge in [0.05, 0.1) is 36.4 Å². The first kappa shape index (κ1) is 25.1. The molecule has 0 bridgehead atoms. The molecule has 5 aromatic rings. The molecule has 8 nitrogen and oxygen atoms in total. The average molecular weight is 536 g/mol. The number of carbonyl (C=O) groups is 1. The van der Waals surface area contributed by atoms with Gasteiger partial charge in [-0.15, -0.1) is 0 Å². The van der Waals surface area contributed by atoms with Crippen LogP contribution in [0.4, 0.5) is 8.78 Å². The van der Waals surface area contributed by atoms with Crippen LogP contribution >= 0.6 is 11.6 Å². The quantitative estimate of drug-likeness (QED) is 0.330. The van der Waals surface area contributed by atoms with E-state index in [0.29, 0.717) is 10.7 Å². The lowest BCUT2D eigenvalue weighted by atomic mass is 10.1. The maximum atomic E-state index is 14.9. The van der Waals surface area contributed by atoms with Gasteiger partial charge in [0.25, 0.3) is 17.0 Å². The van der Waals surface area contributed by atoms with E-state index in [9.17, 15) is 23.2 Å². The maximum absolute atomic E-state index is 14.9. The number of nitrogens with zero attached hydrogens (tertiary/aromatic N) is 3. The Morgan fingerprint density at radius 3 is 2.37 bits per heavy atom. The van der Waals surface area contributed by atoms with Crippen LogP contribution in [0.25, 0.3) is 10.9 Å². The summed E-state index contributed by atoms with van der Waals surface area (Å²) in [6, 6.07) is 14.3. The van der Waals surface area contributed by atoms with E-state index in [-0.39, 0.29) is 41.9 Å². The number of aromatic nitrogens is 4. The van der Waals surface area contributed by atoms with Crippen molar-refractivity contribution in [1.82, 2.24) is 24.6 Å². The first-order valence-electron chi connectivity index (χ1n) is 11.5. The molecule has 3 heterocycles. The van der Waals surface area contributed by atoms with Crippen molar-refractivity contribution in [3.8, 4) is 0 Å². The number of hydrogen-bond acceptors (Lipinski definition) is 4. The van der Waals surface area contributed by atoms with Crippen LogP contribution in [-0.4, -0.2) is 25.2 Å². The highest BCUT2D eigenvalue weighted by Crippen LogP contribution is 2.21. The van der Waals surface area contributed by atoms with Crippen LogP contribution in [-0.2, 0) is 19.6 Å². The van der Waals surface area contributed by atoms with Gasteiger partial charge in [0.1, 0.15) is 11.6 Å². The van der Waals surface area contributed by atoms with Gasteiger partial charge in [-0.05, 0) is 42.5 Å². The average Bonchev–Trinajstić information content (AvgIpc) is 3.30. The molecule has 0 saturated heterocycles. The summed E-state index contributed by atoms with van der Waals surface area (Å²) in [5, 5.41) is 11.1. The van der Waals surface area contributed by atoms with Crippen molar-refractivity contribution in [1.29, 1.82) is 0 Å². The minimum Gasteiger partial charge on any atom is -0.346 e. The molecule has 0 saturated carbocycles. The predicted molar refractivity (Wildman–Crippen MR) is 138 cm³/mol. The van der Waals surface area contributed by atoms with Crippen LogP contribution in [0.2, 0.25) is 5.02 Å². The first-order chi connectivity index (χ1) is 18.3. The second-order valence-electron chi connectivity index (χ2n) is 8.63. The lowest BCUT2D eigenvalue weighted by Gasteiger charge is -2.12. The summed E-state index contributed by atoms with van der Waals surface area (Å²) in [4.78, 5) is 37.1. The molecule has 38 heavy (non-hydrogen) atoms. The van der Waals surface area contributed by atoms with Gasteiger partial charge < -0.3 is 14.5 Å². The van der Waals surface area contributed by atoms with Gasteiger partial charge in [0, 0.05) is 46.1 Å².